The Bertz CT molecular complexity index is 1190. The van der Waals surface area contributed by atoms with Gasteiger partial charge in [-0.1, -0.05) is 60.7 Å². The molecule has 9 heteroatoms. The van der Waals surface area contributed by atoms with Crippen molar-refractivity contribution < 1.29 is 9.59 Å². The molecule has 0 aliphatic carbocycles. The van der Waals surface area contributed by atoms with Crippen molar-refractivity contribution in [3.05, 3.63) is 83.6 Å². The fourth-order valence-corrected chi connectivity index (χ4v) is 4.52. The van der Waals surface area contributed by atoms with E-state index in [0.29, 0.717) is 18.3 Å². The van der Waals surface area contributed by atoms with E-state index in [1.807, 2.05) is 31.2 Å². The summed E-state index contributed by atoms with van der Waals surface area (Å²) in [5.41, 5.74) is 11.0. The lowest BCUT2D eigenvalue weighted by Crippen LogP contribution is -2.50. The minimum absolute atomic E-state index is 0. The maximum Gasteiger partial charge on any atom is 0.242 e. The van der Waals surface area contributed by atoms with Crippen LogP contribution in [0.3, 0.4) is 0 Å². The predicted octanol–water partition coefficient (Wildman–Crippen LogP) is 3.82. The highest BCUT2D eigenvalue weighted by molar-refractivity contribution is 5.89. The van der Waals surface area contributed by atoms with Crippen LogP contribution in [0.5, 0.6) is 0 Å². The van der Waals surface area contributed by atoms with Crippen molar-refractivity contribution in [3.63, 3.8) is 0 Å². The normalized spacial score (nSPS) is 17.1. The molecule has 2 aromatic carbocycles. The van der Waals surface area contributed by atoms with Crippen LogP contribution in [0.25, 0.3) is 11.1 Å². The second-order valence-electron chi connectivity index (χ2n) is 9.26. The van der Waals surface area contributed by atoms with E-state index in [1.54, 1.807) is 13.0 Å². The Morgan fingerprint density at radius 2 is 1.78 bits per heavy atom. The molecule has 2 unspecified atom stereocenters. The summed E-state index contributed by atoms with van der Waals surface area (Å²) in [6.07, 6.45) is 1.65. The number of rotatable bonds is 8. The van der Waals surface area contributed by atoms with Crippen molar-refractivity contribution in [1.82, 2.24) is 20.9 Å². The van der Waals surface area contributed by atoms with Crippen molar-refractivity contribution in [1.29, 1.82) is 0 Å². The van der Waals surface area contributed by atoms with Gasteiger partial charge >= 0.3 is 0 Å². The van der Waals surface area contributed by atoms with Crippen molar-refractivity contribution in [2.45, 2.75) is 45.3 Å². The Labute approximate surface area is 230 Å². The van der Waals surface area contributed by atoms with Crippen molar-refractivity contribution in [2.75, 3.05) is 12.3 Å². The minimum atomic E-state index is -0.632. The first kappa shape index (κ1) is 30.1. The summed E-state index contributed by atoms with van der Waals surface area (Å²) in [4.78, 5) is 29.5. The van der Waals surface area contributed by atoms with Gasteiger partial charge in [-0.15, -0.1) is 24.8 Å². The third-order valence-corrected chi connectivity index (χ3v) is 6.52. The summed E-state index contributed by atoms with van der Waals surface area (Å²) in [6.45, 7) is 4.66. The van der Waals surface area contributed by atoms with E-state index in [2.05, 4.69) is 57.3 Å². The van der Waals surface area contributed by atoms with Crippen molar-refractivity contribution >= 4 is 42.4 Å². The molecule has 1 aromatic heterocycles. The summed E-state index contributed by atoms with van der Waals surface area (Å²) in [7, 11) is 0. The second-order valence-corrected chi connectivity index (χ2v) is 9.26. The number of halogens is 2. The van der Waals surface area contributed by atoms with Crippen LogP contribution in [0.1, 0.15) is 30.2 Å². The number of nitrogens with zero attached hydrogens (tertiary/aromatic N) is 1. The van der Waals surface area contributed by atoms with E-state index < -0.39 is 6.04 Å². The Kier molecular flexibility index (Phi) is 11.4. The first-order chi connectivity index (χ1) is 16.9. The molecule has 1 saturated heterocycles. The Morgan fingerprint density at radius 1 is 1.05 bits per heavy atom. The highest BCUT2D eigenvalue weighted by Gasteiger charge is 2.31. The van der Waals surface area contributed by atoms with Gasteiger partial charge in [-0.2, -0.15) is 0 Å². The Morgan fingerprint density at radius 3 is 2.51 bits per heavy atom. The first-order valence-electron chi connectivity index (χ1n) is 12.1. The summed E-state index contributed by atoms with van der Waals surface area (Å²) in [6, 6.07) is 21.6. The number of benzene rings is 2. The van der Waals surface area contributed by atoms with E-state index in [1.165, 1.54) is 16.7 Å². The lowest BCUT2D eigenvalue weighted by molar-refractivity contribution is -0.129. The van der Waals surface area contributed by atoms with Crippen LogP contribution >= 0.6 is 24.8 Å². The van der Waals surface area contributed by atoms with Crippen LogP contribution in [0, 0.1) is 12.8 Å². The average Bonchev–Trinajstić information content (AvgIpc) is 3.32. The number of aromatic nitrogens is 1. The lowest BCUT2D eigenvalue weighted by Gasteiger charge is -2.17. The van der Waals surface area contributed by atoms with Gasteiger partial charge < -0.3 is 21.7 Å². The lowest BCUT2D eigenvalue weighted by atomic mass is 9.94. The second kappa shape index (κ2) is 14.0. The van der Waals surface area contributed by atoms with Crippen molar-refractivity contribution in [3.8, 4) is 11.1 Å². The number of amides is 2. The summed E-state index contributed by atoms with van der Waals surface area (Å²) >= 11 is 0. The van der Waals surface area contributed by atoms with Crippen LogP contribution in [0.2, 0.25) is 0 Å². The molecule has 4 rings (SSSR count). The molecular weight excluding hydrogens is 509 g/mol. The minimum Gasteiger partial charge on any atom is -0.384 e. The number of carbonyl (C=O) groups is 2. The first-order valence-corrected chi connectivity index (χ1v) is 12.1. The molecule has 1 aliphatic rings. The van der Waals surface area contributed by atoms with Gasteiger partial charge in [-0.3, -0.25) is 9.59 Å². The quantitative estimate of drug-likeness (QED) is 0.345. The maximum atomic E-state index is 12.8. The van der Waals surface area contributed by atoms with Crippen LogP contribution in [0.4, 0.5) is 5.82 Å². The fraction of sp³-hybridized carbons (Fsp3) is 0.321. The third-order valence-electron chi connectivity index (χ3n) is 6.52. The zero-order valence-corrected chi connectivity index (χ0v) is 22.7. The monoisotopic (exact) mass is 543 g/mol. The molecule has 1 fully saturated rings. The summed E-state index contributed by atoms with van der Waals surface area (Å²) < 4.78 is 0. The molecule has 3 atom stereocenters. The average molecular weight is 545 g/mol. The van der Waals surface area contributed by atoms with E-state index in [-0.39, 0.29) is 42.7 Å². The summed E-state index contributed by atoms with van der Waals surface area (Å²) in [5.74, 6) is 0.437. The maximum absolute atomic E-state index is 12.8. The van der Waals surface area contributed by atoms with Crippen LogP contribution in [-0.2, 0) is 22.6 Å². The Hall–Kier alpha value is -3.13. The molecule has 5 N–H and O–H groups in total. The Balaban J connectivity index is 0.00000241. The highest BCUT2D eigenvalue weighted by atomic mass is 35.5. The van der Waals surface area contributed by atoms with Gasteiger partial charge in [-0.25, -0.2) is 4.98 Å². The van der Waals surface area contributed by atoms with Crippen molar-refractivity contribution in [2.24, 2.45) is 5.92 Å². The number of pyridine rings is 1. The summed E-state index contributed by atoms with van der Waals surface area (Å²) in [5, 5.41) is 9.03. The molecule has 3 aromatic rings. The zero-order valence-electron chi connectivity index (χ0n) is 21.1. The number of aryl methyl sites for hydroxylation is 1. The van der Waals surface area contributed by atoms with Crippen LogP contribution in [-0.4, -0.2) is 35.4 Å². The standard InChI is InChI=1S/C28H33N5O2.2ClH/c1-18-24(11-12-26(29)32-18)17-31-27(34)19(2)33-28(35)25-15-21(16-30-25)13-20-7-6-10-23(14-20)22-8-4-3-5-9-22;;/h3-12,14,19,21,25,30H,13,15-17H2,1-2H3,(H2,29,32)(H,31,34)(H,33,35);2*1H/t19-,21?,25?;;/m0../s1. The van der Waals surface area contributed by atoms with Gasteiger partial charge in [0.2, 0.25) is 11.8 Å². The van der Waals surface area contributed by atoms with Crippen LogP contribution < -0.4 is 21.7 Å². The molecule has 0 bridgehead atoms. The third kappa shape index (κ3) is 8.18. The van der Waals surface area contributed by atoms with E-state index >= 15 is 0 Å². The predicted molar refractivity (Wildman–Crippen MR) is 153 cm³/mol. The molecule has 0 radical (unpaired) electrons. The number of anilines is 1. The smallest absolute Gasteiger partial charge is 0.242 e. The number of nitrogens with one attached hydrogen (secondary N) is 3. The zero-order chi connectivity index (χ0) is 24.8. The molecule has 2 heterocycles. The molecule has 2 amide bonds. The van der Waals surface area contributed by atoms with E-state index in [0.717, 1.165) is 30.6 Å². The highest BCUT2D eigenvalue weighted by Crippen LogP contribution is 2.24. The largest absolute Gasteiger partial charge is 0.384 e. The van der Waals surface area contributed by atoms with Gasteiger partial charge in [0.25, 0.3) is 0 Å². The number of hydrogen-bond donors (Lipinski definition) is 4. The molecule has 7 nitrogen and oxygen atoms in total. The van der Waals surface area contributed by atoms with E-state index in [9.17, 15) is 9.59 Å². The van der Waals surface area contributed by atoms with Gasteiger partial charge in [-0.05, 0) is 67.5 Å². The number of nitrogens with two attached hydrogens (primary N) is 1. The van der Waals surface area contributed by atoms with Gasteiger partial charge in [0.15, 0.2) is 0 Å². The van der Waals surface area contributed by atoms with Gasteiger partial charge in [0.05, 0.1) is 6.04 Å². The fourth-order valence-electron chi connectivity index (χ4n) is 4.52. The molecule has 198 valence electrons. The molecule has 0 spiro atoms. The van der Waals surface area contributed by atoms with Gasteiger partial charge in [0, 0.05) is 12.2 Å². The number of hydrogen-bond acceptors (Lipinski definition) is 5. The van der Waals surface area contributed by atoms with Gasteiger partial charge in [0.1, 0.15) is 11.9 Å². The topological polar surface area (TPSA) is 109 Å². The molecular formula is C28H35Cl2N5O2. The molecule has 1 aliphatic heterocycles. The van der Waals surface area contributed by atoms with Crippen LogP contribution in [0.15, 0.2) is 66.7 Å². The number of carbonyl (C=O) groups excluding carboxylic acids is 2. The SMILES string of the molecule is Cc1nc(N)ccc1CNC(=O)[C@H](C)NC(=O)C1CC(Cc2cccc(-c3ccccc3)c2)CN1.Cl.Cl. The molecule has 0 saturated carbocycles. The number of nitrogen functional groups attached to an aromatic ring is 1. The van der Waals surface area contributed by atoms with E-state index in [4.69, 9.17) is 5.73 Å². The molecule has 37 heavy (non-hydrogen) atoms.